The van der Waals surface area contributed by atoms with Crippen molar-refractivity contribution in [1.29, 1.82) is 0 Å². The molecule has 0 aromatic rings. The van der Waals surface area contributed by atoms with Crippen LogP contribution >= 0.6 is 0 Å². The zero-order chi connectivity index (χ0) is 8.43. The highest BCUT2D eigenvalue weighted by Crippen LogP contribution is 2.36. The Bertz CT molecular complexity index is 225. The number of hydrogen-bond donors (Lipinski definition) is 2. The van der Waals surface area contributed by atoms with E-state index in [2.05, 4.69) is 0 Å². The molecule has 0 aliphatic heterocycles. The Balaban J connectivity index is 2.73. The molecule has 1 saturated carbocycles. The van der Waals surface area contributed by atoms with Crippen LogP contribution in [0, 0.1) is 5.92 Å². The number of aliphatic carboxylic acids is 2. The first-order chi connectivity index (χ1) is 5.11. The number of hydrogen-bond acceptors (Lipinski definition) is 2. The minimum atomic E-state index is -1.19. The summed E-state index contributed by atoms with van der Waals surface area (Å²) in [5.41, 5.74) is 0.0255. The van der Waals surface area contributed by atoms with Gasteiger partial charge >= 0.3 is 11.9 Å². The molecular weight excluding hydrogens is 148 g/mol. The quantitative estimate of drug-likeness (QED) is 0.583. The average Bonchev–Trinajstić information content (AvgIpc) is 2.63. The Kier molecular flexibility index (Phi) is 1.94. The topological polar surface area (TPSA) is 74.6 Å². The lowest BCUT2D eigenvalue weighted by Crippen LogP contribution is -2.05. The first-order valence-electron chi connectivity index (χ1n) is 3.29. The maximum absolute atomic E-state index is 10.4. The van der Waals surface area contributed by atoms with Crippen molar-refractivity contribution in [3.05, 3.63) is 11.6 Å². The first-order valence-corrected chi connectivity index (χ1v) is 3.29. The summed E-state index contributed by atoms with van der Waals surface area (Å²) < 4.78 is 0. The van der Waals surface area contributed by atoms with E-state index in [9.17, 15) is 9.59 Å². The molecular formula is C7H8O4. The van der Waals surface area contributed by atoms with Crippen molar-refractivity contribution in [3.8, 4) is 0 Å². The molecule has 0 aromatic heterocycles. The predicted molar refractivity (Wildman–Crippen MR) is 36.1 cm³/mol. The Labute approximate surface area is 63.1 Å². The van der Waals surface area contributed by atoms with Gasteiger partial charge in [0.05, 0.1) is 0 Å². The van der Waals surface area contributed by atoms with Crippen molar-refractivity contribution < 1.29 is 19.8 Å². The summed E-state index contributed by atoms with van der Waals surface area (Å²) in [6, 6.07) is 0. The van der Waals surface area contributed by atoms with Gasteiger partial charge in [0.25, 0.3) is 0 Å². The van der Waals surface area contributed by atoms with Crippen LogP contribution in [0.2, 0.25) is 0 Å². The summed E-state index contributed by atoms with van der Waals surface area (Å²) in [5, 5.41) is 16.8. The average molecular weight is 156 g/mol. The van der Waals surface area contributed by atoms with Crippen LogP contribution in [0.5, 0.6) is 0 Å². The van der Waals surface area contributed by atoms with Crippen LogP contribution in [0.4, 0.5) is 0 Å². The SMILES string of the molecule is O=C(O)/C=C(/C(=O)O)C1CC1. The fourth-order valence-corrected chi connectivity index (χ4v) is 0.882. The Morgan fingerprint density at radius 2 is 1.82 bits per heavy atom. The van der Waals surface area contributed by atoms with E-state index in [1.165, 1.54) is 0 Å². The molecule has 1 rings (SSSR count). The molecule has 1 aliphatic carbocycles. The van der Waals surface area contributed by atoms with Crippen LogP contribution in [-0.2, 0) is 9.59 Å². The highest BCUT2D eigenvalue weighted by atomic mass is 16.4. The molecule has 2 N–H and O–H groups in total. The van der Waals surface area contributed by atoms with Crippen LogP contribution < -0.4 is 0 Å². The summed E-state index contributed by atoms with van der Waals surface area (Å²) in [6.45, 7) is 0. The molecule has 0 radical (unpaired) electrons. The van der Waals surface area contributed by atoms with Crippen molar-refractivity contribution in [2.75, 3.05) is 0 Å². The van der Waals surface area contributed by atoms with E-state index in [0.29, 0.717) is 0 Å². The minimum Gasteiger partial charge on any atom is -0.478 e. The summed E-state index contributed by atoms with van der Waals surface area (Å²) in [6.07, 6.45) is 2.37. The van der Waals surface area contributed by atoms with Gasteiger partial charge in [-0.05, 0) is 18.8 Å². The summed E-state index contributed by atoms with van der Waals surface area (Å²) in [4.78, 5) is 20.5. The second-order valence-corrected chi connectivity index (χ2v) is 2.52. The normalized spacial score (nSPS) is 18.0. The van der Waals surface area contributed by atoms with Crippen LogP contribution in [0.25, 0.3) is 0 Å². The van der Waals surface area contributed by atoms with Gasteiger partial charge in [0.2, 0.25) is 0 Å². The van der Waals surface area contributed by atoms with Crippen molar-refractivity contribution in [1.82, 2.24) is 0 Å². The van der Waals surface area contributed by atoms with E-state index in [1.54, 1.807) is 0 Å². The molecule has 0 atom stereocenters. The van der Waals surface area contributed by atoms with E-state index in [1.807, 2.05) is 0 Å². The third-order valence-corrected chi connectivity index (χ3v) is 1.54. The number of carboxylic acids is 2. The molecule has 0 unspecified atom stereocenters. The summed E-state index contributed by atoms with van der Waals surface area (Å²) >= 11 is 0. The molecule has 0 bridgehead atoms. The van der Waals surface area contributed by atoms with Gasteiger partial charge in [-0.15, -0.1) is 0 Å². The molecule has 0 amide bonds. The molecule has 1 aliphatic rings. The first kappa shape index (κ1) is 7.78. The summed E-state index contributed by atoms with van der Waals surface area (Å²) in [7, 11) is 0. The summed E-state index contributed by atoms with van der Waals surface area (Å²) in [5.74, 6) is -2.33. The van der Waals surface area contributed by atoms with Crippen molar-refractivity contribution in [2.45, 2.75) is 12.8 Å². The number of carboxylic acid groups (broad SMARTS) is 2. The van der Waals surface area contributed by atoms with Gasteiger partial charge in [-0.2, -0.15) is 0 Å². The lowest BCUT2D eigenvalue weighted by Gasteiger charge is -1.94. The van der Waals surface area contributed by atoms with Gasteiger partial charge in [0.1, 0.15) is 0 Å². The Hall–Kier alpha value is -1.32. The zero-order valence-corrected chi connectivity index (χ0v) is 5.78. The smallest absolute Gasteiger partial charge is 0.332 e. The van der Waals surface area contributed by atoms with Crippen molar-refractivity contribution in [3.63, 3.8) is 0 Å². The molecule has 0 heterocycles. The van der Waals surface area contributed by atoms with E-state index in [4.69, 9.17) is 10.2 Å². The van der Waals surface area contributed by atoms with Crippen LogP contribution in [0.1, 0.15) is 12.8 Å². The van der Waals surface area contributed by atoms with Gasteiger partial charge in [-0.3, -0.25) is 0 Å². The predicted octanol–water partition coefficient (Wildman–Crippen LogP) is 0.492. The molecule has 4 heteroatoms. The van der Waals surface area contributed by atoms with Gasteiger partial charge in [-0.25, -0.2) is 9.59 Å². The third-order valence-electron chi connectivity index (χ3n) is 1.54. The van der Waals surface area contributed by atoms with Crippen LogP contribution in [0.3, 0.4) is 0 Å². The standard InChI is InChI=1S/C7H8O4/c8-6(9)3-5(7(10)11)4-1-2-4/h3-4H,1-2H2,(H,8,9)(H,10,11)/b5-3+. The van der Waals surface area contributed by atoms with Gasteiger partial charge in [0, 0.05) is 11.6 Å². The highest BCUT2D eigenvalue weighted by molar-refractivity contribution is 5.95. The minimum absolute atomic E-state index is 0.0244. The van der Waals surface area contributed by atoms with Crippen LogP contribution in [-0.4, -0.2) is 22.2 Å². The molecule has 0 saturated heterocycles. The van der Waals surface area contributed by atoms with E-state index in [-0.39, 0.29) is 11.5 Å². The fraction of sp³-hybridized carbons (Fsp3) is 0.429. The van der Waals surface area contributed by atoms with Crippen molar-refractivity contribution >= 4 is 11.9 Å². The second kappa shape index (κ2) is 2.74. The maximum atomic E-state index is 10.4. The zero-order valence-electron chi connectivity index (χ0n) is 5.78. The van der Waals surface area contributed by atoms with Crippen molar-refractivity contribution in [2.24, 2.45) is 5.92 Å². The van der Waals surface area contributed by atoms with Gasteiger partial charge in [-0.1, -0.05) is 0 Å². The van der Waals surface area contributed by atoms with E-state index >= 15 is 0 Å². The Morgan fingerprint density at radius 1 is 1.27 bits per heavy atom. The lowest BCUT2D eigenvalue weighted by molar-refractivity contribution is -0.135. The van der Waals surface area contributed by atoms with E-state index in [0.717, 1.165) is 18.9 Å². The highest BCUT2D eigenvalue weighted by Gasteiger charge is 2.30. The molecule has 1 fully saturated rings. The van der Waals surface area contributed by atoms with E-state index < -0.39 is 11.9 Å². The maximum Gasteiger partial charge on any atom is 0.332 e. The van der Waals surface area contributed by atoms with Gasteiger partial charge in [0.15, 0.2) is 0 Å². The molecule has 11 heavy (non-hydrogen) atoms. The monoisotopic (exact) mass is 156 g/mol. The lowest BCUT2D eigenvalue weighted by atomic mass is 10.1. The fourth-order valence-electron chi connectivity index (χ4n) is 0.882. The second-order valence-electron chi connectivity index (χ2n) is 2.52. The molecule has 4 nitrogen and oxygen atoms in total. The van der Waals surface area contributed by atoms with Gasteiger partial charge < -0.3 is 10.2 Å². The Morgan fingerprint density at radius 3 is 2.09 bits per heavy atom. The van der Waals surface area contributed by atoms with Crippen LogP contribution in [0.15, 0.2) is 11.6 Å². The third kappa shape index (κ3) is 2.07. The number of carbonyl (C=O) groups is 2. The molecule has 0 spiro atoms. The molecule has 60 valence electrons. The largest absolute Gasteiger partial charge is 0.478 e. The molecule has 0 aromatic carbocycles. The number of rotatable bonds is 3.